The first-order valence-corrected chi connectivity index (χ1v) is 11.5. The molecule has 2 aromatic rings. The molecule has 2 amide bonds. The van der Waals surface area contributed by atoms with Gasteiger partial charge in [-0.3, -0.25) is 0 Å². The summed E-state index contributed by atoms with van der Waals surface area (Å²) in [6.07, 6.45) is -0.657. The van der Waals surface area contributed by atoms with Crippen LogP contribution in [0.3, 0.4) is 0 Å². The van der Waals surface area contributed by atoms with E-state index in [9.17, 15) is 14.7 Å². The predicted octanol–water partition coefficient (Wildman–Crippen LogP) is 4.29. The molecule has 0 bridgehead atoms. The summed E-state index contributed by atoms with van der Waals surface area (Å²) in [5.41, 5.74) is 4.02. The van der Waals surface area contributed by atoms with E-state index in [1.54, 1.807) is 20.8 Å². The number of nitrogens with one attached hydrogen (secondary N) is 1. The smallest absolute Gasteiger partial charge is 0.410 e. The number of nitrogens with zero attached hydrogens (tertiary/aromatic N) is 1. The van der Waals surface area contributed by atoms with E-state index in [0.717, 1.165) is 11.1 Å². The fourth-order valence-electron chi connectivity index (χ4n) is 4.57. The summed E-state index contributed by atoms with van der Waals surface area (Å²) < 4.78 is 11.1. The number of hydrogen-bond acceptors (Lipinski definition) is 5. The molecule has 7 heteroatoms. The molecule has 0 aromatic heterocycles. The number of benzene rings is 2. The number of carbonyl (C=O) groups is 2. The third-order valence-corrected chi connectivity index (χ3v) is 6.04. The number of amides is 2. The lowest BCUT2D eigenvalue weighted by Crippen LogP contribution is -2.47. The maximum Gasteiger partial charge on any atom is 0.410 e. The van der Waals surface area contributed by atoms with Crippen molar-refractivity contribution in [2.75, 3.05) is 19.7 Å². The first-order chi connectivity index (χ1) is 15.7. The lowest BCUT2D eigenvalue weighted by molar-refractivity contribution is 0.0162. The van der Waals surface area contributed by atoms with Crippen LogP contribution in [0.1, 0.15) is 50.7 Å². The first-order valence-electron chi connectivity index (χ1n) is 11.5. The highest BCUT2D eigenvalue weighted by molar-refractivity contribution is 5.79. The quantitative estimate of drug-likeness (QED) is 0.726. The Hall–Kier alpha value is -3.06. The molecule has 2 aromatic carbocycles. The normalized spacial score (nSPS) is 20.4. The number of aliphatic hydroxyl groups is 1. The SMILES string of the molecule is CC(C)(C)OC(=O)N1C[C@@H](O)CC[C@@H](NC(=O)OCC2c3ccccc3-c3ccccc32)C1. The molecule has 0 spiro atoms. The topological polar surface area (TPSA) is 88.1 Å². The minimum absolute atomic E-state index is 0.0163. The second-order valence-electron chi connectivity index (χ2n) is 9.78. The number of hydrogen-bond donors (Lipinski definition) is 2. The monoisotopic (exact) mass is 452 g/mol. The van der Waals surface area contributed by atoms with Crippen LogP contribution in [-0.4, -0.2) is 59.6 Å². The van der Waals surface area contributed by atoms with E-state index in [-0.39, 0.29) is 31.7 Å². The lowest BCUT2D eigenvalue weighted by Gasteiger charge is -2.29. The van der Waals surface area contributed by atoms with E-state index in [2.05, 4.69) is 29.6 Å². The Morgan fingerprint density at radius 3 is 2.21 bits per heavy atom. The molecule has 33 heavy (non-hydrogen) atoms. The van der Waals surface area contributed by atoms with E-state index >= 15 is 0 Å². The van der Waals surface area contributed by atoms with Gasteiger partial charge in [-0.1, -0.05) is 48.5 Å². The van der Waals surface area contributed by atoms with E-state index < -0.39 is 23.9 Å². The van der Waals surface area contributed by atoms with Gasteiger partial charge in [0.2, 0.25) is 0 Å². The summed E-state index contributed by atoms with van der Waals surface area (Å²) in [7, 11) is 0. The molecule has 1 fully saturated rings. The van der Waals surface area contributed by atoms with Crippen molar-refractivity contribution in [2.24, 2.45) is 0 Å². The van der Waals surface area contributed by atoms with Gasteiger partial charge in [-0.25, -0.2) is 9.59 Å². The van der Waals surface area contributed by atoms with Crippen LogP contribution < -0.4 is 5.32 Å². The molecule has 1 saturated heterocycles. The van der Waals surface area contributed by atoms with Gasteiger partial charge in [0.05, 0.1) is 12.1 Å². The molecule has 0 unspecified atom stereocenters. The standard InChI is InChI=1S/C26H32N2O5/c1-26(2,3)33-25(31)28-14-17(12-13-18(29)15-28)27-24(30)32-16-23-21-10-6-4-8-19(21)20-9-5-7-11-22(20)23/h4-11,17-18,23,29H,12-16H2,1-3H3,(H,27,30)/t17-,18+/m1/s1. The maximum absolute atomic E-state index is 12.7. The molecule has 176 valence electrons. The van der Waals surface area contributed by atoms with Gasteiger partial charge in [0.15, 0.2) is 0 Å². The number of rotatable bonds is 3. The molecule has 1 aliphatic carbocycles. The zero-order valence-electron chi connectivity index (χ0n) is 19.4. The molecular weight excluding hydrogens is 420 g/mol. The van der Waals surface area contributed by atoms with Crippen molar-refractivity contribution in [1.29, 1.82) is 0 Å². The van der Waals surface area contributed by atoms with E-state index in [1.165, 1.54) is 16.0 Å². The number of β-amino-alcohol motifs (C(OH)–C–C–N with tert-alkyl or cyclic N) is 1. The number of aliphatic hydroxyl groups excluding tert-OH is 1. The van der Waals surface area contributed by atoms with Gasteiger partial charge in [-0.05, 0) is 55.9 Å². The summed E-state index contributed by atoms with van der Waals surface area (Å²) in [6, 6.07) is 16.0. The first kappa shape index (κ1) is 23.1. The van der Waals surface area contributed by atoms with Gasteiger partial charge in [0.25, 0.3) is 0 Å². The fraction of sp³-hybridized carbons (Fsp3) is 0.462. The highest BCUT2D eigenvalue weighted by Crippen LogP contribution is 2.44. The van der Waals surface area contributed by atoms with Crippen molar-refractivity contribution in [2.45, 2.75) is 57.3 Å². The lowest BCUT2D eigenvalue weighted by atomic mass is 9.98. The molecule has 4 rings (SSSR count). The van der Waals surface area contributed by atoms with Crippen LogP contribution in [0.5, 0.6) is 0 Å². The van der Waals surface area contributed by atoms with Gasteiger partial charge in [-0.2, -0.15) is 0 Å². The number of fused-ring (bicyclic) bond motifs is 3. The van der Waals surface area contributed by atoms with Gasteiger partial charge >= 0.3 is 12.2 Å². The number of likely N-dealkylation sites (tertiary alicyclic amines) is 1. The van der Waals surface area contributed by atoms with Crippen molar-refractivity contribution in [3.05, 3.63) is 59.7 Å². The van der Waals surface area contributed by atoms with Crippen molar-refractivity contribution in [3.63, 3.8) is 0 Å². The largest absolute Gasteiger partial charge is 0.449 e. The summed E-state index contributed by atoms with van der Waals surface area (Å²) >= 11 is 0. The van der Waals surface area contributed by atoms with Crippen LogP contribution in [-0.2, 0) is 9.47 Å². The molecule has 2 aliphatic rings. The number of alkyl carbamates (subject to hydrolysis) is 1. The van der Waals surface area contributed by atoms with Gasteiger partial charge < -0.3 is 24.8 Å². The van der Waals surface area contributed by atoms with Gasteiger partial charge in [-0.15, -0.1) is 0 Å². The molecule has 7 nitrogen and oxygen atoms in total. The second-order valence-corrected chi connectivity index (χ2v) is 9.78. The molecular formula is C26H32N2O5. The van der Waals surface area contributed by atoms with E-state index in [4.69, 9.17) is 9.47 Å². The van der Waals surface area contributed by atoms with Crippen molar-refractivity contribution in [3.8, 4) is 11.1 Å². The molecule has 2 atom stereocenters. The molecule has 1 aliphatic heterocycles. The van der Waals surface area contributed by atoms with Crippen LogP contribution in [0.25, 0.3) is 11.1 Å². The van der Waals surface area contributed by atoms with Gasteiger partial charge in [0, 0.05) is 19.0 Å². The predicted molar refractivity (Wildman–Crippen MR) is 125 cm³/mol. The summed E-state index contributed by atoms with van der Waals surface area (Å²) in [4.78, 5) is 26.6. The Morgan fingerprint density at radius 1 is 1.00 bits per heavy atom. The summed E-state index contributed by atoms with van der Waals surface area (Å²) in [5.74, 6) is -0.0163. The number of ether oxygens (including phenoxy) is 2. The van der Waals surface area contributed by atoms with Crippen LogP contribution >= 0.6 is 0 Å². The molecule has 1 heterocycles. The van der Waals surface area contributed by atoms with Crippen LogP contribution in [0.4, 0.5) is 9.59 Å². The zero-order valence-corrected chi connectivity index (χ0v) is 19.4. The van der Waals surface area contributed by atoms with E-state index in [0.29, 0.717) is 12.8 Å². The Balaban J connectivity index is 1.38. The average Bonchev–Trinajstić information content (AvgIpc) is 2.95. The Morgan fingerprint density at radius 2 is 1.61 bits per heavy atom. The van der Waals surface area contributed by atoms with Crippen LogP contribution in [0.15, 0.2) is 48.5 Å². The molecule has 0 radical (unpaired) electrons. The Bertz CT molecular complexity index is 970. The van der Waals surface area contributed by atoms with Crippen molar-refractivity contribution in [1.82, 2.24) is 10.2 Å². The minimum atomic E-state index is -0.660. The van der Waals surface area contributed by atoms with Crippen LogP contribution in [0.2, 0.25) is 0 Å². The van der Waals surface area contributed by atoms with Crippen molar-refractivity contribution >= 4 is 12.2 Å². The third-order valence-electron chi connectivity index (χ3n) is 6.04. The summed E-state index contributed by atoms with van der Waals surface area (Å²) in [5, 5.41) is 13.1. The number of carbonyl (C=O) groups excluding carboxylic acids is 2. The van der Waals surface area contributed by atoms with Crippen molar-refractivity contribution < 1.29 is 24.2 Å². The van der Waals surface area contributed by atoms with E-state index in [1.807, 2.05) is 24.3 Å². The Labute approximate surface area is 194 Å². The second kappa shape index (κ2) is 9.43. The zero-order chi connectivity index (χ0) is 23.6. The minimum Gasteiger partial charge on any atom is -0.449 e. The highest BCUT2D eigenvalue weighted by atomic mass is 16.6. The maximum atomic E-state index is 12.7. The fourth-order valence-corrected chi connectivity index (χ4v) is 4.57. The third kappa shape index (κ3) is 5.47. The van der Waals surface area contributed by atoms with Gasteiger partial charge in [0.1, 0.15) is 12.2 Å². The molecule has 0 saturated carbocycles. The average molecular weight is 453 g/mol. The molecule has 2 N–H and O–H groups in total. The van der Waals surface area contributed by atoms with Crippen LogP contribution in [0, 0.1) is 0 Å². The summed E-state index contributed by atoms with van der Waals surface area (Å²) in [6.45, 7) is 6.06. The Kier molecular flexibility index (Phi) is 6.61. The highest BCUT2D eigenvalue weighted by Gasteiger charge is 2.32.